The molecule has 2 aliphatic rings. The minimum absolute atomic E-state index is 0.456. The van der Waals surface area contributed by atoms with Crippen LogP contribution in [0.4, 0.5) is 0 Å². The fourth-order valence-electron chi connectivity index (χ4n) is 4.09. The number of hydrogen-bond donors (Lipinski definition) is 0. The summed E-state index contributed by atoms with van der Waals surface area (Å²) < 4.78 is 1.66. The molecule has 0 aromatic heterocycles. The number of alkyl halides is 2. The van der Waals surface area contributed by atoms with Crippen LogP contribution in [0.5, 0.6) is 0 Å². The van der Waals surface area contributed by atoms with E-state index in [1.807, 2.05) is 0 Å². The third-order valence-electron chi connectivity index (χ3n) is 5.18. The summed E-state index contributed by atoms with van der Waals surface area (Å²) in [6.45, 7) is 9.44. The lowest BCUT2D eigenvalue weighted by molar-refractivity contribution is 0.224. The van der Waals surface area contributed by atoms with Gasteiger partial charge in [0, 0.05) is 7.85 Å². The van der Waals surface area contributed by atoms with E-state index in [9.17, 15) is 0 Å². The number of hydrogen-bond acceptors (Lipinski definition) is 2. The molecule has 0 heterocycles. The molecule has 2 nitrogen and oxygen atoms in total. The molecule has 0 aliphatic heterocycles. The average molecular weight is 502 g/mol. The predicted molar refractivity (Wildman–Crippen MR) is 103 cm³/mol. The number of halogens is 2. The zero-order valence-corrected chi connectivity index (χ0v) is 17.4. The molecule has 116 valence electrons. The second-order valence-electron chi connectivity index (χ2n) is 7.26. The zero-order chi connectivity index (χ0) is 14.9. The Morgan fingerprint density at radius 1 is 0.600 bits per heavy atom. The molecular weight excluding hydrogens is 474 g/mol. The summed E-state index contributed by atoms with van der Waals surface area (Å²) in [6, 6.07) is 0.912. The summed E-state index contributed by atoms with van der Waals surface area (Å²) in [7, 11) is 0. The van der Waals surface area contributed by atoms with Crippen molar-refractivity contribution in [2.45, 2.75) is 73.3 Å². The van der Waals surface area contributed by atoms with Crippen LogP contribution in [0.25, 0.3) is 0 Å². The maximum absolute atomic E-state index is 4.85. The molecule has 0 radical (unpaired) electrons. The Bertz CT molecular complexity index is 291. The van der Waals surface area contributed by atoms with Gasteiger partial charge in [-0.3, -0.25) is 0 Å². The lowest BCUT2D eigenvalue weighted by atomic mass is 9.78. The Labute approximate surface area is 151 Å². The van der Waals surface area contributed by atoms with Gasteiger partial charge in [-0.05, 0) is 49.4 Å². The van der Waals surface area contributed by atoms with E-state index < -0.39 is 0 Å². The average Bonchev–Trinajstić information content (AvgIpc) is 2.30. The Hall–Kier alpha value is 1.06. The molecule has 0 spiro atoms. The third-order valence-corrected chi connectivity index (χ3v) is 7.21. The maximum atomic E-state index is 4.85. The topological polar surface area (TPSA) is 24.7 Å². The van der Waals surface area contributed by atoms with Crippen LogP contribution in [0.3, 0.4) is 0 Å². The van der Waals surface area contributed by atoms with E-state index in [1.165, 1.54) is 25.7 Å². The van der Waals surface area contributed by atoms with Gasteiger partial charge >= 0.3 is 0 Å². The van der Waals surface area contributed by atoms with Crippen molar-refractivity contribution >= 4 is 45.2 Å². The molecule has 0 bridgehead atoms. The Morgan fingerprint density at radius 2 is 0.850 bits per heavy atom. The first kappa shape index (κ1) is 17.4. The normalized spacial score (nSPS) is 50.5. The van der Waals surface area contributed by atoms with Gasteiger partial charge in [-0.25, -0.2) is 0 Å². The van der Waals surface area contributed by atoms with Gasteiger partial charge in [0.25, 0.3) is 0 Å². The Kier molecular flexibility index (Phi) is 6.58. The second-order valence-corrected chi connectivity index (χ2v) is 10.8. The molecule has 20 heavy (non-hydrogen) atoms. The van der Waals surface area contributed by atoms with E-state index in [0.29, 0.717) is 35.8 Å². The van der Waals surface area contributed by atoms with Crippen molar-refractivity contribution in [1.29, 1.82) is 0 Å². The van der Waals surface area contributed by atoms with Crippen molar-refractivity contribution in [3.05, 3.63) is 0 Å². The van der Waals surface area contributed by atoms with Crippen LogP contribution in [0, 0.1) is 23.7 Å². The van der Waals surface area contributed by atoms with E-state index in [2.05, 4.69) is 72.9 Å². The van der Waals surface area contributed by atoms with Gasteiger partial charge < -0.3 is 0 Å². The van der Waals surface area contributed by atoms with E-state index in [0.717, 1.165) is 7.85 Å². The minimum atomic E-state index is 0.456. The third kappa shape index (κ3) is 4.29. The standard InChI is InChI=1S/C16H28I2N2/c1-9-5-13(17)6-10(2)15(9)19-20-16-11(3)7-14(18)8-12(16)4/h9-16H,5-8H2,1-4H3. The summed E-state index contributed by atoms with van der Waals surface area (Å²) in [5.74, 6) is 2.76. The summed E-state index contributed by atoms with van der Waals surface area (Å²) in [5, 5.41) is 9.70. The summed E-state index contributed by atoms with van der Waals surface area (Å²) in [4.78, 5) is 0. The van der Waals surface area contributed by atoms with E-state index in [-0.39, 0.29) is 0 Å². The van der Waals surface area contributed by atoms with Crippen LogP contribution in [0.1, 0.15) is 53.4 Å². The number of azo groups is 1. The molecule has 0 saturated heterocycles. The summed E-state index contributed by atoms with van der Waals surface area (Å²) in [6.07, 6.45) is 5.22. The van der Waals surface area contributed by atoms with E-state index >= 15 is 0 Å². The molecule has 2 fully saturated rings. The highest BCUT2D eigenvalue weighted by molar-refractivity contribution is 14.1. The Balaban J connectivity index is 2.01. The van der Waals surface area contributed by atoms with Crippen molar-refractivity contribution < 1.29 is 0 Å². The minimum Gasteiger partial charge on any atom is -0.190 e. The highest BCUT2D eigenvalue weighted by Gasteiger charge is 2.35. The lowest BCUT2D eigenvalue weighted by Gasteiger charge is -2.36. The van der Waals surface area contributed by atoms with Crippen LogP contribution in [0.15, 0.2) is 10.2 Å². The first-order chi connectivity index (χ1) is 9.38. The molecule has 0 amide bonds. The Morgan fingerprint density at radius 3 is 1.10 bits per heavy atom. The van der Waals surface area contributed by atoms with Crippen LogP contribution in [-0.4, -0.2) is 19.9 Å². The quantitative estimate of drug-likeness (QED) is 0.255. The fourth-order valence-corrected chi connectivity index (χ4v) is 7.30. The molecular formula is C16H28I2N2. The summed E-state index contributed by atoms with van der Waals surface area (Å²) in [5.41, 5.74) is 0. The summed E-state index contributed by atoms with van der Waals surface area (Å²) >= 11 is 5.21. The SMILES string of the molecule is CC1CC(I)CC(C)C1N=NC1C(C)CC(I)CC1C. The smallest absolute Gasteiger partial charge is 0.0760 e. The molecule has 4 unspecified atom stereocenters. The van der Waals surface area contributed by atoms with Gasteiger partial charge in [-0.15, -0.1) is 0 Å². The maximum Gasteiger partial charge on any atom is 0.0760 e. The van der Waals surface area contributed by atoms with Crippen LogP contribution in [-0.2, 0) is 0 Å². The van der Waals surface area contributed by atoms with E-state index in [1.54, 1.807) is 0 Å². The molecule has 2 aliphatic carbocycles. The van der Waals surface area contributed by atoms with Crippen molar-refractivity contribution in [1.82, 2.24) is 0 Å². The molecule has 0 aromatic rings. The first-order valence-electron chi connectivity index (χ1n) is 8.06. The number of nitrogens with zero attached hydrogens (tertiary/aromatic N) is 2. The molecule has 4 heteroatoms. The highest BCUT2D eigenvalue weighted by Crippen LogP contribution is 2.38. The largest absolute Gasteiger partial charge is 0.190 e. The van der Waals surface area contributed by atoms with Gasteiger partial charge in [0.1, 0.15) is 0 Å². The molecule has 0 N–H and O–H groups in total. The molecule has 4 atom stereocenters. The van der Waals surface area contributed by atoms with E-state index in [4.69, 9.17) is 10.2 Å². The van der Waals surface area contributed by atoms with Crippen molar-refractivity contribution in [2.24, 2.45) is 33.9 Å². The molecule has 2 rings (SSSR count). The van der Waals surface area contributed by atoms with Gasteiger partial charge in [0.05, 0.1) is 12.1 Å². The van der Waals surface area contributed by atoms with Crippen LogP contribution < -0.4 is 0 Å². The highest BCUT2D eigenvalue weighted by atomic mass is 127. The van der Waals surface area contributed by atoms with Gasteiger partial charge in [0.15, 0.2) is 0 Å². The fraction of sp³-hybridized carbons (Fsp3) is 1.00. The van der Waals surface area contributed by atoms with Gasteiger partial charge in [-0.1, -0.05) is 72.9 Å². The number of rotatable bonds is 2. The second kappa shape index (κ2) is 7.55. The molecule has 2 saturated carbocycles. The monoisotopic (exact) mass is 502 g/mol. The van der Waals surface area contributed by atoms with Crippen molar-refractivity contribution in [3.8, 4) is 0 Å². The zero-order valence-electron chi connectivity index (χ0n) is 13.1. The van der Waals surface area contributed by atoms with Gasteiger partial charge in [0.2, 0.25) is 0 Å². The van der Waals surface area contributed by atoms with Crippen LogP contribution in [0.2, 0.25) is 0 Å². The molecule has 0 aromatic carbocycles. The first-order valence-corrected chi connectivity index (χ1v) is 10.6. The van der Waals surface area contributed by atoms with Crippen LogP contribution >= 0.6 is 45.2 Å². The predicted octanol–water partition coefficient (Wildman–Crippen LogP) is 5.92. The van der Waals surface area contributed by atoms with Crippen molar-refractivity contribution in [2.75, 3.05) is 0 Å². The van der Waals surface area contributed by atoms with Gasteiger partial charge in [-0.2, -0.15) is 10.2 Å². The van der Waals surface area contributed by atoms with Crippen molar-refractivity contribution in [3.63, 3.8) is 0 Å². The lowest BCUT2D eigenvalue weighted by Crippen LogP contribution is -2.35.